The summed E-state index contributed by atoms with van der Waals surface area (Å²) in [7, 11) is 0. The van der Waals surface area contributed by atoms with E-state index in [1.807, 2.05) is 35.5 Å². The fourth-order valence-corrected chi connectivity index (χ4v) is 3.98. The predicted molar refractivity (Wildman–Crippen MR) is 109 cm³/mol. The zero-order valence-corrected chi connectivity index (χ0v) is 15.6. The summed E-state index contributed by atoms with van der Waals surface area (Å²) in [6.45, 7) is 2.32. The summed E-state index contributed by atoms with van der Waals surface area (Å²) in [6, 6.07) is 20.8. The van der Waals surface area contributed by atoms with Crippen molar-refractivity contribution in [3.8, 4) is 16.9 Å². The number of rotatable bonds is 5. The van der Waals surface area contributed by atoms with Gasteiger partial charge in [-0.25, -0.2) is 9.67 Å². The first-order valence-electron chi connectivity index (χ1n) is 9.66. The molecule has 28 heavy (non-hydrogen) atoms. The van der Waals surface area contributed by atoms with Crippen LogP contribution in [0.25, 0.3) is 16.9 Å². The molecule has 2 aromatic carbocycles. The van der Waals surface area contributed by atoms with Gasteiger partial charge in [-0.15, -0.1) is 0 Å². The molecule has 2 aromatic heterocycles. The monoisotopic (exact) mass is 370 g/mol. The van der Waals surface area contributed by atoms with E-state index in [9.17, 15) is 0 Å². The van der Waals surface area contributed by atoms with Crippen molar-refractivity contribution in [2.45, 2.75) is 18.9 Å². The summed E-state index contributed by atoms with van der Waals surface area (Å²) in [5.41, 5.74) is 5.79. The van der Waals surface area contributed by atoms with E-state index >= 15 is 0 Å². The van der Waals surface area contributed by atoms with Crippen LogP contribution in [0.1, 0.15) is 23.6 Å². The van der Waals surface area contributed by atoms with Crippen molar-refractivity contribution in [1.82, 2.24) is 19.3 Å². The summed E-state index contributed by atoms with van der Waals surface area (Å²) in [6.07, 6.45) is 6.79. The molecule has 4 aromatic rings. The SMILES string of the molecule is c1ccc(-c2ncn(Cc3ccccc3-n3cccn3)c2C2CCOC2)cc1. The van der Waals surface area contributed by atoms with Crippen LogP contribution in [-0.2, 0) is 11.3 Å². The van der Waals surface area contributed by atoms with Crippen molar-refractivity contribution in [1.29, 1.82) is 0 Å². The van der Waals surface area contributed by atoms with E-state index in [0.717, 1.165) is 43.1 Å². The Bertz CT molecular complexity index is 1050. The molecule has 0 spiro atoms. The van der Waals surface area contributed by atoms with Gasteiger partial charge in [0.25, 0.3) is 0 Å². The Morgan fingerprint density at radius 1 is 1.00 bits per heavy atom. The highest BCUT2D eigenvalue weighted by Gasteiger charge is 2.26. The Kier molecular flexibility index (Phi) is 4.51. The third kappa shape index (κ3) is 3.14. The van der Waals surface area contributed by atoms with E-state index in [1.54, 1.807) is 0 Å². The summed E-state index contributed by atoms with van der Waals surface area (Å²) in [5, 5.41) is 4.41. The van der Waals surface area contributed by atoms with Gasteiger partial charge in [-0.3, -0.25) is 0 Å². The molecule has 1 aliphatic rings. The molecule has 0 radical (unpaired) electrons. The second-order valence-corrected chi connectivity index (χ2v) is 7.11. The molecule has 5 nitrogen and oxygen atoms in total. The molecule has 1 unspecified atom stereocenters. The second kappa shape index (κ2) is 7.44. The van der Waals surface area contributed by atoms with Crippen LogP contribution in [-0.4, -0.2) is 32.5 Å². The quantitative estimate of drug-likeness (QED) is 0.526. The molecule has 0 N–H and O–H groups in total. The Morgan fingerprint density at radius 3 is 2.64 bits per heavy atom. The highest BCUT2D eigenvalue weighted by molar-refractivity contribution is 5.63. The largest absolute Gasteiger partial charge is 0.381 e. The van der Waals surface area contributed by atoms with E-state index in [0.29, 0.717) is 5.92 Å². The van der Waals surface area contributed by atoms with Gasteiger partial charge < -0.3 is 9.30 Å². The average molecular weight is 370 g/mol. The first-order valence-corrected chi connectivity index (χ1v) is 9.66. The highest BCUT2D eigenvalue weighted by Crippen LogP contribution is 2.34. The van der Waals surface area contributed by atoms with Crippen LogP contribution in [0.15, 0.2) is 79.4 Å². The topological polar surface area (TPSA) is 44.9 Å². The maximum absolute atomic E-state index is 5.70. The number of ether oxygens (including phenoxy) is 1. The lowest BCUT2D eigenvalue weighted by Gasteiger charge is -2.17. The predicted octanol–water partition coefficient (Wildman–Crippen LogP) is 4.29. The highest BCUT2D eigenvalue weighted by atomic mass is 16.5. The number of benzene rings is 2. The summed E-state index contributed by atoms with van der Waals surface area (Å²) in [4.78, 5) is 4.80. The normalized spacial score (nSPS) is 16.5. The second-order valence-electron chi connectivity index (χ2n) is 7.11. The standard InChI is InChI=1S/C23H22N4O/c1-2-7-18(8-3-1)22-23(20-11-14-28-16-20)26(17-24-22)15-19-9-4-5-10-21(19)27-13-6-12-25-27/h1-10,12-13,17,20H,11,14-16H2. The zero-order valence-electron chi connectivity index (χ0n) is 15.6. The molecular formula is C23H22N4O. The van der Waals surface area contributed by atoms with Gasteiger partial charge >= 0.3 is 0 Å². The van der Waals surface area contributed by atoms with Gasteiger partial charge in [0, 0.05) is 30.5 Å². The van der Waals surface area contributed by atoms with E-state index in [1.165, 1.54) is 11.3 Å². The minimum atomic E-state index is 0.370. The van der Waals surface area contributed by atoms with Crippen LogP contribution in [0.2, 0.25) is 0 Å². The van der Waals surface area contributed by atoms with Gasteiger partial charge in [0.15, 0.2) is 0 Å². The van der Waals surface area contributed by atoms with Crippen molar-refractivity contribution in [3.05, 3.63) is 90.6 Å². The van der Waals surface area contributed by atoms with Crippen LogP contribution >= 0.6 is 0 Å². The van der Waals surface area contributed by atoms with Crippen LogP contribution < -0.4 is 0 Å². The molecule has 5 heteroatoms. The number of aromatic nitrogens is 4. The van der Waals surface area contributed by atoms with Crippen LogP contribution in [0.3, 0.4) is 0 Å². The maximum Gasteiger partial charge on any atom is 0.0959 e. The molecule has 1 saturated heterocycles. The average Bonchev–Trinajstić information content (AvgIpc) is 3.50. The molecule has 1 aliphatic heterocycles. The smallest absolute Gasteiger partial charge is 0.0959 e. The first-order chi connectivity index (χ1) is 13.9. The molecule has 0 saturated carbocycles. The summed E-state index contributed by atoms with van der Waals surface area (Å²) < 4.78 is 9.91. The van der Waals surface area contributed by atoms with Crippen molar-refractivity contribution < 1.29 is 4.74 Å². The summed E-state index contributed by atoms with van der Waals surface area (Å²) >= 11 is 0. The van der Waals surface area contributed by atoms with Crippen molar-refractivity contribution in [3.63, 3.8) is 0 Å². The fraction of sp³-hybridized carbons (Fsp3) is 0.217. The lowest BCUT2D eigenvalue weighted by atomic mass is 9.99. The molecule has 0 bridgehead atoms. The van der Waals surface area contributed by atoms with Gasteiger partial charge in [-0.05, 0) is 24.1 Å². The summed E-state index contributed by atoms with van der Waals surface area (Å²) in [5.74, 6) is 0.370. The third-order valence-corrected chi connectivity index (χ3v) is 5.33. The van der Waals surface area contributed by atoms with Crippen LogP contribution in [0, 0.1) is 0 Å². The number of para-hydroxylation sites is 1. The number of nitrogens with zero attached hydrogens (tertiary/aromatic N) is 4. The molecule has 1 fully saturated rings. The first kappa shape index (κ1) is 17.0. The molecule has 0 aliphatic carbocycles. The van der Waals surface area contributed by atoms with E-state index in [2.05, 4.69) is 58.2 Å². The molecule has 3 heterocycles. The van der Waals surface area contributed by atoms with Crippen molar-refractivity contribution >= 4 is 0 Å². The molecular weight excluding hydrogens is 348 g/mol. The molecule has 0 amide bonds. The van der Waals surface area contributed by atoms with Crippen molar-refractivity contribution in [2.24, 2.45) is 0 Å². The number of imidazole rings is 1. The minimum Gasteiger partial charge on any atom is -0.381 e. The molecule has 5 rings (SSSR count). The Hall–Kier alpha value is -3.18. The van der Waals surface area contributed by atoms with Gasteiger partial charge in [0.05, 0.1) is 36.6 Å². The molecule has 140 valence electrons. The molecule has 1 atom stereocenters. The lowest BCUT2D eigenvalue weighted by Crippen LogP contribution is -2.11. The fourth-order valence-electron chi connectivity index (χ4n) is 3.98. The van der Waals surface area contributed by atoms with E-state index in [-0.39, 0.29) is 0 Å². The van der Waals surface area contributed by atoms with Gasteiger partial charge in [0.1, 0.15) is 0 Å². The minimum absolute atomic E-state index is 0.370. The van der Waals surface area contributed by atoms with Gasteiger partial charge in [-0.2, -0.15) is 5.10 Å². The Labute approximate surface area is 164 Å². The van der Waals surface area contributed by atoms with Crippen LogP contribution in [0.4, 0.5) is 0 Å². The number of hydrogen-bond acceptors (Lipinski definition) is 3. The third-order valence-electron chi connectivity index (χ3n) is 5.33. The van der Waals surface area contributed by atoms with Gasteiger partial charge in [0.2, 0.25) is 0 Å². The number of hydrogen-bond donors (Lipinski definition) is 0. The zero-order chi connectivity index (χ0) is 18.8. The Morgan fingerprint density at radius 2 is 1.86 bits per heavy atom. The maximum atomic E-state index is 5.70. The lowest BCUT2D eigenvalue weighted by molar-refractivity contribution is 0.193. The van der Waals surface area contributed by atoms with Gasteiger partial charge in [-0.1, -0.05) is 48.5 Å². The van der Waals surface area contributed by atoms with E-state index in [4.69, 9.17) is 9.72 Å². The van der Waals surface area contributed by atoms with Crippen LogP contribution in [0.5, 0.6) is 0 Å². The Balaban J connectivity index is 1.57. The van der Waals surface area contributed by atoms with E-state index < -0.39 is 0 Å². The van der Waals surface area contributed by atoms with Crippen molar-refractivity contribution in [2.75, 3.05) is 13.2 Å².